The van der Waals surface area contributed by atoms with Crippen molar-refractivity contribution in [1.29, 1.82) is 0 Å². The Balaban J connectivity index is 1.28. The molecule has 2 aromatic rings. The maximum absolute atomic E-state index is 4.21. The minimum absolute atomic E-state index is 0.204. The van der Waals surface area contributed by atoms with Crippen LogP contribution in [0.2, 0.25) is 0 Å². The summed E-state index contributed by atoms with van der Waals surface area (Å²) in [6, 6.07) is 12.5. The van der Waals surface area contributed by atoms with Crippen LogP contribution in [0.25, 0.3) is 10.8 Å². The molecule has 2 N–H and O–H groups in total. The van der Waals surface area contributed by atoms with Crippen molar-refractivity contribution < 1.29 is 0 Å². The predicted octanol–water partition coefficient (Wildman–Crippen LogP) is 5.95. The first-order valence-corrected chi connectivity index (χ1v) is 15.0. The Labute approximate surface area is 217 Å². The van der Waals surface area contributed by atoms with Crippen LogP contribution in [0.15, 0.2) is 24.3 Å². The van der Waals surface area contributed by atoms with Crippen LogP contribution in [-0.4, -0.2) is 60.1 Å². The molecule has 0 radical (unpaired) electrons. The fourth-order valence-electron chi connectivity index (χ4n) is 10.1. The molecular weight excluding hydrogens is 440 g/mol. The van der Waals surface area contributed by atoms with Crippen LogP contribution in [0.1, 0.15) is 77.3 Å². The van der Waals surface area contributed by atoms with E-state index in [-0.39, 0.29) is 10.8 Å². The molecule has 0 amide bonds. The largest absolute Gasteiger partial charge is 0.380 e. The molecule has 4 fully saturated rings. The van der Waals surface area contributed by atoms with E-state index in [4.69, 9.17) is 0 Å². The van der Waals surface area contributed by atoms with E-state index in [1.54, 1.807) is 0 Å². The van der Waals surface area contributed by atoms with Crippen LogP contribution in [0.5, 0.6) is 0 Å². The van der Waals surface area contributed by atoms with Gasteiger partial charge in [-0.25, -0.2) is 0 Å². The zero-order valence-corrected chi connectivity index (χ0v) is 22.7. The number of anilines is 2. The molecule has 6 aliphatic rings. The Bertz CT molecular complexity index is 1140. The first-order valence-electron chi connectivity index (χ1n) is 15.0. The molecule has 2 aromatic carbocycles. The molecule has 6 aliphatic heterocycles. The smallest absolute Gasteiger partial charge is 0.0461 e. The molecule has 0 aromatic heterocycles. The second kappa shape index (κ2) is 7.41. The normalized spacial score (nSPS) is 38.1. The number of rotatable bonds is 0. The van der Waals surface area contributed by atoms with Gasteiger partial charge in [0.25, 0.3) is 0 Å². The SMILES string of the molecule is CC1(C)c2ccc3c4c(ccc3c2N[C@H]2[C@@H]3CCCN3CC[C@@H]21)C(C)(C)[C@H]1CCN2CCC[C@H]2[C@@H]1N4. The average molecular weight is 485 g/mol. The van der Waals surface area contributed by atoms with Crippen LogP contribution >= 0.6 is 0 Å². The third-order valence-corrected chi connectivity index (χ3v) is 12.0. The second-order valence-electron chi connectivity index (χ2n) is 14.1. The zero-order chi connectivity index (χ0) is 24.4. The molecular formula is C32H44N4. The minimum Gasteiger partial charge on any atom is -0.380 e. The lowest BCUT2D eigenvalue weighted by Gasteiger charge is -2.54. The summed E-state index contributed by atoms with van der Waals surface area (Å²) in [6.45, 7) is 15.3. The summed E-state index contributed by atoms with van der Waals surface area (Å²) < 4.78 is 0. The summed E-state index contributed by atoms with van der Waals surface area (Å²) in [7, 11) is 0. The van der Waals surface area contributed by atoms with Crippen LogP contribution in [0.3, 0.4) is 0 Å². The highest BCUT2D eigenvalue weighted by Crippen LogP contribution is 2.55. The Morgan fingerprint density at radius 3 is 1.50 bits per heavy atom. The number of nitrogens with zero attached hydrogens (tertiary/aromatic N) is 2. The minimum atomic E-state index is 0.204. The number of nitrogens with one attached hydrogen (secondary N) is 2. The van der Waals surface area contributed by atoms with E-state index in [0.29, 0.717) is 36.0 Å². The molecule has 192 valence electrons. The van der Waals surface area contributed by atoms with Gasteiger partial charge in [-0.2, -0.15) is 0 Å². The Kier molecular flexibility index (Phi) is 4.57. The number of hydrogen-bond acceptors (Lipinski definition) is 4. The average Bonchev–Trinajstić information content (AvgIpc) is 3.53. The van der Waals surface area contributed by atoms with E-state index in [9.17, 15) is 0 Å². The molecule has 6 atom stereocenters. The van der Waals surface area contributed by atoms with Gasteiger partial charge in [0.1, 0.15) is 0 Å². The van der Waals surface area contributed by atoms with Crippen molar-refractivity contribution in [1.82, 2.24) is 9.80 Å². The van der Waals surface area contributed by atoms with Crippen LogP contribution < -0.4 is 10.6 Å². The molecule has 0 bridgehead atoms. The highest BCUT2D eigenvalue weighted by molar-refractivity contribution is 6.05. The molecule has 4 nitrogen and oxygen atoms in total. The van der Waals surface area contributed by atoms with Gasteiger partial charge in [0.2, 0.25) is 0 Å². The quantitative estimate of drug-likeness (QED) is 0.484. The molecule has 0 saturated carbocycles. The summed E-state index contributed by atoms with van der Waals surface area (Å²) in [4.78, 5) is 5.56. The van der Waals surface area contributed by atoms with E-state index in [1.165, 1.54) is 98.0 Å². The van der Waals surface area contributed by atoms with Gasteiger partial charge in [0, 0.05) is 46.3 Å². The van der Waals surface area contributed by atoms with Gasteiger partial charge in [-0.05, 0) is 98.5 Å². The molecule has 36 heavy (non-hydrogen) atoms. The lowest BCUT2D eigenvalue weighted by molar-refractivity contribution is 0.0911. The zero-order valence-electron chi connectivity index (χ0n) is 22.7. The van der Waals surface area contributed by atoms with Gasteiger partial charge < -0.3 is 10.6 Å². The van der Waals surface area contributed by atoms with E-state index in [2.05, 4.69) is 72.4 Å². The lowest BCUT2D eigenvalue weighted by atomic mass is 9.61. The van der Waals surface area contributed by atoms with Crippen LogP contribution in [0.4, 0.5) is 11.4 Å². The Hall–Kier alpha value is -1.78. The molecule has 4 saturated heterocycles. The fraction of sp³-hybridized carbons (Fsp3) is 0.688. The molecule has 6 heterocycles. The van der Waals surface area contributed by atoms with Crippen molar-refractivity contribution in [2.75, 3.05) is 36.8 Å². The van der Waals surface area contributed by atoms with Crippen molar-refractivity contribution in [2.45, 2.75) is 101 Å². The van der Waals surface area contributed by atoms with Gasteiger partial charge >= 0.3 is 0 Å². The summed E-state index contributed by atoms with van der Waals surface area (Å²) >= 11 is 0. The maximum Gasteiger partial charge on any atom is 0.0461 e. The Morgan fingerprint density at radius 2 is 1.06 bits per heavy atom. The van der Waals surface area contributed by atoms with E-state index in [0.717, 1.165) is 0 Å². The van der Waals surface area contributed by atoms with E-state index < -0.39 is 0 Å². The van der Waals surface area contributed by atoms with Crippen molar-refractivity contribution in [3.05, 3.63) is 35.4 Å². The highest BCUT2D eigenvalue weighted by Gasteiger charge is 2.52. The third kappa shape index (κ3) is 2.78. The van der Waals surface area contributed by atoms with Crippen LogP contribution in [-0.2, 0) is 10.8 Å². The van der Waals surface area contributed by atoms with Gasteiger partial charge in [-0.15, -0.1) is 0 Å². The van der Waals surface area contributed by atoms with Gasteiger partial charge in [-0.3, -0.25) is 9.80 Å². The van der Waals surface area contributed by atoms with E-state index >= 15 is 0 Å². The summed E-state index contributed by atoms with van der Waals surface area (Å²) in [5, 5.41) is 11.3. The monoisotopic (exact) mass is 484 g/mol. The first kappa shape index (κ1) is 22.2. The molecule has 4 heteroatoms. The number of fused-ring (bicyclic) bond motifs is 11. The van der Waals surface area contributed by atoms with Crippen molar-refractivity contribution in [2.24, 2.45) is 11.8 Å². The molecule has 0 spiro atoms. The third-order valence-electron chi connectivity index (χ3n) is 12.0. The lowest BCUT2D eigenvalue weighted by Crippen LogP contribution is -2.59. The first-order chi connectivity index (χ1) is 17.4. The fourth-order valence-corrected chi connectivity index (χ4v) is 10.1. The van der Waals surface area contributed by atoms with Crippen LogP contribution in [0, 0.1) is 11.8 Å². The summed E-state index contributed by atoms with van der Waals surface area (Å²) in [6.07, 6.45) is 8.09. The van der Waals surface area contributed by atoms with Crippen molar-refractivity contribution >= 4 is 22.1 Å². The van der Waals surface area contributed by atoms with Gasteiger partial charge in [0.05, 0.1) is 0 Å². The number of hydrogen-bond donors (Lipinski definition) is 2. The predicted molar refractivity (Wildman–Crippen MR) is 150 cm³/mol. The standard InChI is InChI=1S/C32H44N4/c1-31(2)21-11-9-20-19(27(21)33-29-23(31)13-17-35-15-5-7-25(29)35)10-12-22-28(20)34-30-24(32(22,3)4)14-18-36-16-6-8-26(30)36/h9-12,23-26,29-30,33-34H,5-8,13-18H2,1-4H3/t23-,24-,25-,26-,29+,30+/m0/s1. The number of benzene rings is 2. The van der Waals surface area contributed by atoms with Gasteiger partial charge in [0.15, 0.2) is 0 Å². The molecule has 0 aliphatic carbocycles. The maximum atomic E-state index is 4.21. The molecule has 0 unspecified atom stereocenters. The topological polar surface area (TPSA) is 30.5 Å². The summed E-state index contributed by atoms with van der Waals surface area (Å²) in [5.74, 6) is 1.43. The van der Waals surface area contributed by atoms with E-state index in [1.807, 2.05) is 0 Å². The Morgan fingerprint density at radius 1 is 0.611 bits per heavy atom. The summed E-state index contributed by atoms with van der Waals surface area (Å²) in [5.41, 5.74) is 6.35. The number of piperidine rings is 2. The second-order valence-corrected chi connectivity index (χ2v) is 14.1. The van der Waals surface area contributed by atoms with Gasteiger partial charge in [-0.1, -0.05) is 52.0 Å². The van der Waals surface area contributed by atoms with Crippen molar-refractivity contribution in [3.63, 3.8) is 0 Å². The van der Waals surface area contributed by atoms with Crippen molar-refractivity contribution in [3.8, 4) is 0 Å². The highest BCUT2D eigenvalue weighted by atomic mass is 15.2. The molecule has 8 rings (SSSR count).